The molecule has 196 valence electrons. The Hall–Kier alpha value is -5.25. The molecule has 0 spiro atoms. The lowest BCUT2D eigenvalue weighted by Crippen LogP contribution is -2.23. The Morgan fingerprint density at radius 1 is 0.795 bits per heavy atom. The predicted octanol–water partition coefficient (Wildman–Crippen LogP) is 5.20. The van der Waals surface area contributed by atoms with Crippen LogP contribution >= 0.6 is 0 Å². The van der Waals surface area contributed by atoms with Gasteiger partial charge in [0.1, 0.15) is 17.6 Å². The number of H-pyrrole nitrogens is 1. The SMILES string of the molecule is COC(=O)C(C(=O)c1ccncc1)c1ccc(F)cc1.O=c1o[nH]c(-c2ccncc2)c1-c1ccc(F)cc1. The average molecular weight is 529 g/mol. The van der Waals surface area contributed by atoms with Crippen LogP contribution in [0.2, 0.25) is 0 Å². The molecule has 0 saturated heterocycles. The minimum Gasteiger partial charge on any atom is -0.468 e. The lowest BCUT2D eigenvalue weighted by molar-refractivity contribution is -0.141. The Labute approximate surface area is 220 Å². The molecule has 1 unspecified atom stereocenters. The number of nitrogens with zero attached hydrogens (tertiary/aromatic N) is 2. The van der Waals surface area contributed by atoms with E-state index in [-0.39, 0.29) is 5.82 Å². The number of pyridine rings is 2. The van der Waals surface area contributed by atoms with Crippen LogP contribution in [0.15, 0.2) is 107 Å². The van der Waals surface area contributed by atoms with E-state index in [0.717, 1.165) is 5.56 Å². The van der Waals surface area contributed by atoms with Crippen molar-refractivity contribution in [1.82, 2.24) is 15.1 Å². The van der Waals surface area contributed by atoms with Gasteiger partial charge < -0.3 is 9.26 Å². The van der Waals surface area contributed by atoms with E-state index in [1.165, 1.54) is 68.0 Å². The Kier molecular flexibility index (Phi) is 8.47. The van der Waals surface area contributed by atoms with Crippen molar-refractivity contribution in [2.75, 3.05) is 7.11 Å². The zero-order valence-electron chi connectivity index (χ0n) is 20.5. The predicted molar refractivity (Wildman–Crippen MR) is 138 cm³/mol. The monoisotopic (exact) mass is 529 g/mol. The largest absolute Gasteiger partial charge is 0.468 e. The van der Waals surface area contributed by atoms with Crippen molar-refractivity contribution < 1.29 is 27.6 Å². The molecular weight excluding hydrogens is 508 g/mol. The summed E-state index contributed by atoms with van der Waals surface area (Å²) in [6.07, 6.45) is 6.17. The van der Waals surface area contributed by atoms with E-state index in [1.807, 2.05) is 0 Å². The molecule has 5 aromatic rings. The Bertz CT molecular complexity index is 1600. The van der Waals surface area contributed by atoms with Crippen molar-refractivity contribution in [3.8, 4) is 22.4 Å². The van der Waals surface area contributed by atoms with Gasteiger partial charge in [0, 0.05) is 35.9 Å². The van der Waals surface area contributed by atoms with E-state index in [1.54, 1.807) is 36.7 Å². The van der Waals surface area contributed by atoms with Gasteiger partial charge in [-0.05, 0) is 59.7 Å². The van der Waals surface area contributed by atoms with Gasteiger partial charge >= 0.3 is 11.6 Å². The van der Waals surface area contributed by atoms with Gasteiger partial charge in [-0.15, -0.1) is 0 Å². The van der Waals surface area contributed by atoms with Crippen LogP contribution in [0.5, 0.6) is 0 Å². The van der Waals surface area contributed by atoms with Crippen LogP contribution in [0.3, 0.4) is 0 Å². The summed E-state index contributed by atoms with van der Waals surface area (Å²) in [6.45, 7) is 0. The molecule has 0 fully saturated rings. The maximum Gasteiger partial charge on any atom is 0.365 e. The molecular formula is C29H21F2N3O5. The molecule has 0 saturated carbocycles. The number of carbonyl (C=O) groups excluding carboxylic acids is 2. The summed E-state index contributed by atoms with van der Waals surface area (Å²) >= 11 is 0. The van der Waals surface area contributed by atoms with Crippen LogP contribution in [0.4, 0.5) is 8.78 Å². The fourth-order valence-electron chi connectivity index (χ4n) is 3.75. The molecule has 8 nitrogen and oxygen atoms in total. The molecule has 1 atom stereocenters. The van der Waals surface area contributed by atoms with Gasteiger partial charge in [-0.25, -0.2) is 18.7 Å². The molecule has 0 amide bonds. The lowest BCUT2D eigenvalue weighted by Gasteiger charge is -2.14. The highest BCUT2D eigenvalue weighted by Gasteiger charge is 2.30. The lowest BCUT2D eigenvalue weighted by atomic mass is 9.91. The number of aromatic nitrogens is 3. The fourth-order valence-corrected chi connectivity index (χ4v) is 3.75. The highest BCUT2D eigenvalue weighted by molar-refractivity contribution is 6.12. The van der Waals surface area contributed by atoms with E-state index in [4.69, 9.17) is 4.52 Å². The number of esters is 1. The maximum absolute atomic E-state index is 12.9. The second kappa shape index (κ2) is 12.3. The maximum atomic E-state index is 12.9. The second-order valence-electron chi connectivity index (χ2n) is 8.09. The molecule has 3 heterocycles. The topological polar surface area (TPSA) is 115 Å². The minimum absolute atomic E-state index is 0.347. The van der Waals surface area contributed by atoms with Crippen LogP contribution in [0.1, 0.15) is 21.8 Å². The summed E-state index contributed by atoms with van der Waals surface area (Å²) in [5.41, 5.74) is 2.56. The third-order valence-electron chi connectivity index (χ3n) is 5.67. The highest BCUT2D eigenvalue weighted by Crippen LogP contribution is 2.27. The van der Waals surface area contributed by atoms with Crippen LogP contribution in [0.25, 0.3) is 22.4 Å². The highest BCUT2D eigenvalue weighted by atomic mass is 19.1. The molecule has 0 aliphatic rings. The molecule has 0 radical (unpaired) electrons. The zero-order chi connectivity index (χ0) is 27.8. The van der Waals surface area contributed by atoms with Crippen LogP contribution in [0, 0.1) is 11.6 Å². The molecule has 5 rings (SSSR count). The number of nitrogens with one attached hydrogen (secondary N) is 1. The molecule has 0 aliphatic heterocycles. The number of hydrogen-bond acceptors (Lipinski definition) is 7. The number of aromatic amines is 1. The first-order valence-corrected chi connectivity index (χ1v) is 11.5. The van der Waals surface area contributed by atoms with Crippen LogP contribution in [-0.2, 0) is 9.53 Å². The molecule has 1 N–H and O–H groups in total. The van der Waals surface area contributed by atoms with Crippen molar-refractivity contribution in [1.29, 1.82) is 0 Å². The minimum atomic E-state index is -1.11. The summed E-state index contributed by atoms with van der Waals surface area (Å²) in [4.78, 5) is 43.8. The Morgan fingerprint density at radius 2 is 1.33 bits per heavy atom. The van der Waals surface area contributed by atoms with Crippen molar-refractivity contribution in [2.45, 2.75) is 5.92 Å². The molecule has 3 aromatic heterocycles. The zero-order valence-corrected chi connectivity index (χ0v) is 20.5. The second-order valence-corrected chi connectivity index (χ2v) is 8.09. The quantitative estimate of drug-likeness (QED) is 0.183. The van der Waals surface area contributed by atoms with E-state index < -0.39 is 29.1 Å². The number of ketones is 1. The van der Waals surface area contributed by atoms with Gasteiger partial charge in [0.15, 0.2) is 5.78 Å². The standard InChI is InChI=1S/C15H12FNO3.C14H9FN2O2/c1-20-15(19)13(10-2-4-12(16)5-3-10)14(18)11-6-8-17-9-7-11;15-11-3-1-9(2-4-11)12-13(17-19-14(12)18)10-5-7-16-8-6-10/h2-9,13H,1H3;1-8,17H. The number of rotatable bonds is 6. The summed E-state index contributed by atoms with van der Waals surface area (Å²) in [5, 5.41) is 2.59. The molecule has 39 heavy (non-hydrogen) atoms. The molecule has 10 heteroatoms. The number of hydrogen-bond donors (Lipinski definition) is 1. The van der Waals surface area contributed by atoms with Gasteiger partial charge in [0.25, 0.3) is 0 Å². The summed E-state index contributed by atoms with van der Waals surface area (Å²) in [6, 6.07) is 17.4. The van der Waals surface area contributed by atoms with Crippen LogP contribution in [-0.4, -0.2) is 34.0 Å². The number of benzene rings is 2. The van der Waals surface area contributed by atoms with Gasteiger partial charge in [-0.3, -0.25) is 19.6 Å². The van der Waals surface area contributed by atoms with Gasteiger partial charge in [0.05, 0.1) is 18.4 Å². The summed E-state index contributed by atoms with van der Waals surface area (Å²) in [5.74, 6) is -2.99. The van der Waals surface area contributed by atoms with E-state index >= 15 is 0 Å². The first-order valence-electron chi connectivity index (χ1n) is 11.5. The van der Waals surface area contributed by atoms with Gasteiger partial charge in [-0.2, -0.15) is 0 Å². The van der Waals surface area contributed by atoms with E-state index in [0.29, 0.717) is 27.9 Å². The van der Waals surface area contributed by atoms with Crippen molar-refractivity contribution in [3.05, 3.63) is 131 Å². The van der Waals surface area contributed by atoms with Crippen molar-refractivity contribution in [2.24, 2.45) is 0 Å². The van der Waals surface area contributed by atoms with Crippen molar-refractivity contribution >= 4 is 11.8 Å². The smallest absolute Gasteiger partial charge is 0.365 e. The number of methoxy groups -OCH3 is 1. The Balaban J connectivity index is 0.000000181. The molecule has 0 aliphatic carbocycles. The van der Waals surface area contributed by atoms with Gasteiger partial charge in [0.2, 0.25) is 0 Å². The van der Waals surface area contributed by atoms with Gasteiger partial charge in [-0.1, -0.05) is 24.3 Å². The number of halogens is 2. The number of Topliss-reactive ketones (excluding diaryl/α,β-unsaturated/α-hetero) is 1. The third kappa shape index (κ3) is 6.37. The Morgan fingerprint density at radius 3 is 1.90 bits per heavy atom. The third-order valence-corrected chi connectivity index (χ3v) is 5.67. The summed E-state index contributed by atoms with van der Waals surface area (Å²) < 4.78 is 35.4. The summed E-state index contributed by atoms with van der Waals surface area (Å²) in [7, 11) is 1.21. The molecule has 0 bridgehead atoms. The molecule has 2 aromatic carbocycles. The van der Waals surface area contributed by atoms with Crippen LogP contribution < -0.4 is 5.63 Å². The first-order chi connectivity index (χ1) is 18.9. The van der Waals surface area contributed by atoms with E-state index in [9.17, 15) is 23.2 Å². The normalized spacial score (nSPS) is 11.2. The number of ether oxygens (including phenoxy) is 1. The van der Waals surface area contributed by atoms with E-state index in [2.05, 4.69) is 19.9 Å². The average Bonchev–Trinajstić information content (AvgIpc) is 3.37. The van der Waals surface area contributed by atoms with Crippen molar-refractivity contribution in [3.63, 3.8) is 0 Å². The fraction of sp³-hybridized carbons (Fsp3) is 0.0690. The number of carbonyl (C=O) groups is 2. The first kappa shape index (κ1) is 26.8.